The molecule has 0 saturated carbocycles. The van der Waals surface area contributed by atoms with Gasteiger partial charge in [-0.1, -0.05) is 49.2 Å². The molecule has 4 rings (SSSR count). The highest BCUT2D eigenvalue weighted by molar-refractivity contribution is 6.30. The molecule has 0 spiro atoms. The summed E-state index contributed by atoms with van der Waals surface area (Å²) in [6, 6.07) is 18.2. The molecule has 0 saturated heterocycles. The average Bonchev–Trinajstić information content (AvgIpc) is 3.34. The fourth-order valence-corrected chi connectivity index (χ4v) is 4.32. The molecule has 6 heteroatoms. The number of hydrogen-bond donors (Lipinski definition) is 1. The quantitative estimate of drug-likeness (QED) is 0.411. The third-order valence-electron chi connectivity index (χ3n) is 5.62. The fraction of sp³-hybridized carbons (Fsp3) is 0.250. The van der Waals surface area contributed by atoms with Crippen LogP contribution in [0.1, 0.15) is 37.3 Å². The summed E-state index contributed by atoms with van der Waals surface area (Å²) in [4.78, 5) is 4.48. The minimum absolute atomic E-state index is 0.0751. The van der Waals surface area contributed by atoms with E-state index in [0.717, 1.165) is 47.3 Å². The zero-order valence-corrected chi connectivity index (χ0v) is 17.7. The van der Waals surface area contributed by atoms with E-state index in [4.69, 9.17) is 11.6 Å². The zero-order chi connectivity index (χ0) is 21.1. The van der Waals surface area contributed by atoms with E-state index < -0.39 is 0 Å². The van der Waals surface area contributed by atoms with Gasteiger partial charge in [-0.05, 0) is 30.7 Å². The van der Waals surface area contributed by atoms with Crippen molar-refractivity contribution >= 4 is 28.3 Å². The van der Waals surface area contributed by atoms with Gasteiger partial charge in [0, 0.05) is 29.3 Å². The monoisotopic (exact) mass is 419 g/mol. The zero-order valence-electron chi connectivity index (χ0n) is 16.9. The number of para-hydroxylation sites is 1. The second-order valence-electron chi connectivity index (χ2n) is 7.62. The highest BCUT2D eigenvalue weighted by Crippen LogP contribution is 2.30. The van der Waals surface area contributed by atoms with Gasteiger partial charge in [0.2, 0.25) is 5.84 Å². The molecule has 0 radical (unpaired) electrons. The number of aliphatic imine (C=N–C) groups is 1. The Morgan fingerprint density at radius 2 is 1.97 bits per heavy atom. The second-order valence-corrected chi connectivity index (χ2v) is 8.01. The first-order valence-electron chi connectivity index (χ1n) is 10.1. The van der Waals surface area contributed by atoms with Gasteiger partial charge in [0.15, 0.2) is 11.9 Å². The summed E-state index contributed by atoms with van der Waals surface area (Å²) >= 11 is 6.21. The summed E-state index contributed by atoms with van der Waals surface area (Å²) in [5, 5.41) is 21.2. The number of aliphatic hydroxyl groups excluding tert-OH is 1. The van der Waals surface area contributed by atoms with Crippen LogP contribution in [-0.4, -0.2) is 26.7 Å². The van der Waals surface area contributed by atoms with Gasteiger partial charge in [-0.25, -0.2) is 4.48 Å². The number of nitrogens with zero attached hydrogens (tertiary/aromatic N) is 4. The largest absolute Gasteiger partial charge is 0.346 e. The van der Waals surface area contributed by atoms with Crippen molar-refractivity contribution in [1.82, 2.24) is 4.57 Å². The molecule has 3 aromatic rings. The molecule has 1 unspecified atom stereocenters. The number of halogens is 1. The Bertz CT molecular complexity index is 1170. The molecule has 1 aliphatic heterocycles. The number of aromatic nitrogens is 1. The highest BCUT2D eigenvalue weighted by Gasteiger charge is 2.37. The topological polar surface area (TPSA) is 61.3 Å². The van der Waals surface area contributed by atoms with Crippen LogP contribution in [0.4, 0.5) is 0 Å². The number of aliphatic hydroxyl groups is 1. The van der Waals surface area contributed by atoms with Crippen LogP contribution in [0.5, 0.6) is 0 Å². The van der Waals surface area contributed by atoms with Gasteiger partial charge < -0.3 is 9.67 Å². The van der Waals surface area contributed by atoms with E-state index in [0.29, 0.717) is 17.3 Å². The molecule has 0 amide bonds. The lowest BCUT2D eigenvalue weighted by atomic mass is 10.1. The van der Waals surface area contributed by atoms with E-state index >= 15 is 0 Å². The first kappa shape index (κ1) is 20.4. The van der Waals surface area contributed by atoms with Crippen LogP contribution in [0.2, 0.25) is 0 Å². The molecule has 30 heavy (non-hydrogen) atoms. The van der Waals surface area contributed by atoms with E-state index in [1.807, 2.05) is 53.4 Å². The molecule has 1 aromatic heterocycles. The Morgan fingerprint density at radius 1 is 1.17 bits per heavy atom. The summed E-state index contributed by atoms with van der Waals surface area (Å²) in [6.45, 7) is 2.65. The number of benzene rings is 2. The Balaban J connectivity index is 1.63. The maximum absolute atomic E-state index is 10.2. The van der Waals surface area contributed by atoms with Gasteiger partial charge in [-0.3, -0.25) is 0 Å². The summed E-state index contributed by atoms with van der Waals surface area (Å²) < 4.78 is 2.29. The third-order valence-corrected chi connectivity index (χ3v) is 5.80. The number of quaternary nitrogens is 1. The molecule has 152 valence electrons. The van der Waals surface area contributed by atoms with Crippen molar-refractivity contribution in [1.29, 1.82) is 5.26 Å². The van der Waals surface area contributed by atoms with E-state index in [1.165, 1.54) is 0 Å². The Labute approximate surface area is 181 Å². The molecule has 1 atom stereocenters. The molecule has 0 fully saturated rings. The Morgan fingerprint density at radius 3 is 2.67 bits per heavy atom. The van der Waals surface area contributed by atoms with Crippen LogP contribution in [0.25, 0.3) is 16.6 Å². The van der Waals surface area contributed by atoms with Crippen molar-refractivity contribution in [3.8, 4) is 11.8 Å². The normalized spacial score (nSPS) is 18.3. The highest BCUT2D eigenvalue weighted by atomic mass is 35.5. The van der Waals surface area contributed by atoms with Crippen molar-refractivity contribution in [3.63, 3.8) is 0 Å². The van der Waals surface area contributed by atoms with Crippen molar-refractivity contribution in [2.75, 3.05) is 6.73 Å². The average molecular weight is 420 g/mol. The number of amidine groups is 1. The lowest BCUT2D eigenvalue weighted by Crippen LogP contribution is -2.46. The summed E-state index contributed by atoms with van der Waals surface area (Å²) in [5.41, 5.74) is 3.63. The predicted octanol–water partition coefficient (Wildman–Crippen LogP) is 5.41. The van der Waals surface area contributed by atoms with Crippen molar-refractivity contribution in [2.24, 2.45) is 4.99 Å². The molecule has 2 heterocycles. The molecule has 0 aliphatic carbocycles. The van der Waals surface area contributed by atoms with Gasteiger partial charge in [-0.15, -0.1) is 0 Å². The number of nitriles is 1. The second kappa shape index (κ2) is 8.45. The molecule has 0 bridgehead atoms. The SMILES string of the molecule is CCCCC1=NC(Cl)=C[N+]1(CO)Cc1ccc(-n2ccc3cccc(C#N)c32)cc1. The van der Waals surface area contributed by atoms with Crippen LogP contribution in [0.15, 0.2) is 71.1 Å². The van der Waals surface area contributed by atoms with E-state index in [-0.39, 0.29) is 11.2 Å². The van der Waals surface area contributed by atoms with Crippen LogP contribution in [0, 0.1) is 11.3 Å². The van der Waals surface area contributed by atoms with Crippen LogP contribution < -0.4 is 0 Å². The summed E-state index contributed by atoms with van der Waals surface area (Å²) in [6.07, 6.45) is 6.71. The first-order valence-corrected chi connectivity index (χ1v) is 10.5. The van der Waals surface area contributed by atoms with Crippen LogP contribution in [-0.2, 0) is 6.54 Å². The first-order chi connectivity index (χ1) is 14.6. The van der Waals surface area contributed by atoms with Gasteiger partial charge >= 0.3 is 0 Å². The van der Waals surface area contributed by atoms with Crippen molar-refractivity contribution < 1.29 is 9.59 Å². The van der Waals surface area contributed by atoms with Gasteiger partial charge in [0.05, 0.1) is 11.1 Å². The molecule has 1 N–H and O–H groups in total. The Hall–Kier alpha value is -2.91. The van der Waals surface area contributed by atoms with Crippen LogP contribution >= 0.6 is 11.6 Å². The van der Waals surface area contributed by atoms with Crippen LogP contribution in [0.3, 0.4) is 0 Å². The molecule has 2 aromatic carbocycles. The smallest absolute Gasteiger partial charge is 0.211 e. The standard InChI is InChI=1S/C24H24ClN4O/c1-2-3-7-23-27-22(25)16-29(23,17-30)15-18-8-10-21(11-9-18)28-13-12-19-5-4-6-20(14-26)24(19)28/h4-6,8-13,16,30H,2-3,7,15,17H2,1H3/q+1. The molecule has 1 aliphatic rings. The van der Waals surface area contributed by atoms with Crippen molar-refractivity contribution in [2.45, 2.75) is 32.7 Å². The number of fused-ring (bicyclic) bond motifs is 1. The third kappa shape index (κ3) is 3.66. The van der Waals surface area contributed by atoms with E-state index in [9.17, 15) is 10.4 Å². The maximum Gasteiger partial charge on any atom is 0.211 e. The lowest BCUT2D eigenvalue weighted by molar-refractivity contribution is -0.824. The molecular formula is C24H24ClN4O+. The van der Waals surface area contributed by atoms with E-state index in [2.05, 4.69) is 30.1 Å². The summed E-state index contributed by atoms with van der Waals surface area (Å²) in [5.74, 6) is 0.906. The minimum atomic E-state index is -0.0751. The van der Waals surface area contributed by atoms with Gasteiger partial charge in [-0.2, -0.15) is 10.3 Å². The molecular weight excluding hydrogens is 396 g/mol. The minimum Gasteiger partial charge on any atom is -0.346 e. The van der Waals surface area contributed by atoms with Gasteiger partial charge in [0.25, 0.3) is 0 Å². The number of hydrogen-bond acceptors (Lipinski definition) is 3. The maximum atomic E-state index is 10.2. The number of rotatable bonds is 7. The lowest BCUT2D eigenvalue weighted by Gasteiger charge is -2.30. The van der Waals surface area contributed by atoms with Crippen molar-refractivity contribution in [3.05, 3.63) is 77.2 Å². The Kier molecular flexibility index (Phi) is 5.74. The number of unbranched alkanes of at least 4 members (excludes halogenated alkanes) is 1. The summed E-state index contributed by atoms with van der Waals surface area (Å²) in [7, 11) is 0. The van der Waals surface area contributed by atoms with E-state index in [1.54, 1.807) is 0 Å². The van der Waals surface area contributed by atoms with Gasteiger partial charge in [0.1, 0.15) is 18.8 Å². The molecule has 5 nitrogen and oxygen atoms in total. The predicted molar refractivity (Wildman–Crippen MR) is 120 cm³/mol. The fourth-order valence-electron chi connectivity index (χ4n) is 4.04.